The molecule has 2 fully saturated rings. The maximum absolute atomic E-state index is 12.4. The number of nitrogens with zero attached hydrogens (tertiary/aromatic N) is 2. The normalized spacial score (nSPS) is 20.6. The lowest BCUT2D eigenvalue weighted by Crippen LogP contribution is -2.43. The van der Waals surface area contributed by atoms with Gasteiger partial charge in [-0.25, -0.2) is 0 Å². The van der Waals surface area contributed by atoms with Crippen molar-refractivity contribution in [2.45, 2.75) is 37.5 Å². The number of likely N-dealkylation sites (tertiary alicyclic amines) is 1. The molecule has 1 N–H and O–H groups in total. The van der Waals surface area contributed by atoms with E-state index in [9.17, 15) is 4.79 Å². The molecule has 1 saturated carbocycles. The van der Waals surface area contributed by atoms with E-state index in [-0.39, 0.29) is 11.3 Å². The van der Waals surface area contributed by atoms with Crippen LogP contribution < -0.4 is 5.32 Å². The molecular weight excluding hydrogens is 310 g/mol. The van der Waals surface area contributed by atoms with Crippen LogP contribution in [0.25, 0.3) is 0 Å². The van der Waals surface area contributed by atoms with Gasteiger partial charge in [0.25, 0.3) is 0 Å². The molecule has 25 heavy (non-hydrogen) atoms. The van der Waals surface area contributed by atoms with Crippen LogP contribution in [-0.4, -0.2) is 62.5 Å². The summed E-state index contributed by atoms with van der Waals surface area (Å²) in [6.45, 7) is 4.65. The summed E-state index contributed by atoms with van der Waals surface area (Å²) >= 11 is 0. The minimum absolute atomic E-state index is 0.189. The van der Waals surface area contributed by atoms with Gasteiger partial charge in [0.05, 0.1) is 6.54 Å². The third kappa shape index (κ3) is 5.29. The molecule has 0 bridgehead atoms. The van der Waals surface area contributed by atoms with Crippen LogP contribution in [0.15, 0.2) is 30.3 Å². The van der Waals surface area contributed by atoms with Gasteiger partial charge in [0.1, 0.15) is 0 Å². The summed E-state index contributed by atoms with van der Waals surface area (Å²) in [6.07, 6.45) is 6.12. The first-order valence-electron chi connectivity index (χ1n) is 9.77. The first kappa shape index (κ1) is 18.4. The topological polar surface area (TPSA) is 35.6 Å². The second-order valence-corrected chi connectivity index (χ2v) is 8.23. The second kappa shape index (κ2) is 8.33. The van der Waals surface area contributed by atoms with Gasteiger partial charge in [-0.15, -0.1) is 0 Å². The Morgan fingerprint density at radius 3 is 2.48 bits per heavy atom. The van der Waals surface area contributed by atoms with E-state index in [2.05, 4.69) is 59.5 Å². The molecule has 1 aliphatic heterocycles. The largest absolute Gasteiger partial charge is 0.354 e. The predicted octanol–water partition coefficient (Wildman–Crippen LogP) is 2.50. The zero-order valence-electron chi connectivity index (χ0n) is 15.8. The van der Waals surface area contributed by atoms with Crippen LogP contribution >= 0.6 is 0 Å². The van der Waals surface area contributed by atoms with E-state index in [1.165, 1.54) is 44.2 Å². The van der Waals surface area contributed by atoms with Gasteiger partial charge < -0.3 is 10.2 Å². The van der Waals surface area contributed by atoms with E-state index in [0.717, 1.165) is 25.6 Å². The smallest absolute Gasteiger partial charge is 0.234 e. The lowest BCUT2D eigenvalue weighted by Gasteiger charge is -2.32. The molecular formula is C21H33N3O. The highest BCUT2D eigenvalue weighted by Gasteiger charge is 2.44. The van der Waals surface area contributed by atoms with E-state index in [4.69, 9.17) is 0 Å². The van der Waals surface area contributed by atoms with Crippen molar-refractivity contribution in [1.82, 2.24) is 15.1 Å². The Morgan fingerprint density at radius 1 is 1.20 bits per heavy atom. The molecule has 0 radical (unpaired) electrons. The van der Waals surface area contributed by atoms with E-state index in [1.807, 2.05) is 0 Å². The van der Waals surface area contributed by atoms with Crippen LogP contribution in [0.3, 0.4) is 0 Å². The van der Waals surface area contributed by atoms with Gasteiger partial charge in [0, 0.05) is 12.0 Å². The number of hydrogen-bond donors (Lipinski definition) is 1. The fraction of sp³-hybridized carbons (Fsp3) is 0.667. The van der Waals surface area contributed by atoms with E-state index in [0.29, 0.717) is 6.54 Å². The van der Waals surface area contributed by atoms with Crippen molar-refractivity contribution < 1.29 is 4.79 Å². The number of amides is 1. The van der Waals surface area contributed by atoms with Crippen molar-refractivity contribution in [3.63, 3.8) is 0 Å². The van der Waals surface area contributed by atoms with E-state index < -0.39 is 0 Å². The third-order valence-corrected chi connectivity index (χ3v) is 5.92. The Labute approximate surface area is 152 Å². The molecule has 0 aromatic heterocycles. The lowest BCUT2D eigenvalue weighted by molar-refractivity contribution is -0.122. The standard InChI is InChI=1S/C21H33N3O/c1-23(2)13-8-18-9-14-24(15-10-18)16-20(25)22-17-21(11-12-21)19-6-4-3-5-7-19/h3-7,18H,8-17H2,1-2H3,(H,22,25). The van der Waals surface area contributed by atoms with Crippen LogP contribution in [0.2, 0.25) is 0 Å². The molecule has 0 atom stereocenters. The minimum Gasteiger partial charge on any atom is -0.354 e. The van der Waals surface area contributed by atoms with Crippen LogP contribution in [0, 0.1) is 5.92 Å². The molecule has 0 unspecified atom stereocenters. The average molecular weight is 344 g/mol. The zero-order chi connectivity index (χ0) is 17.7. The fourth-order valence-electron chi connectivity index (χ4n) is 3.91. The van der Waals surface area contributed by atoms with Gasteiger partial charge in [0.2, 0.25) is 5.91 Å². The summed E-state index contributed by atoms with van der Waals surface area (Å²) in [6, 6.07) is 10.6. The van der Waals surface area contributed by atoms with Gasteiger partial charge in [-0.1, -0.05) is 30.3 Å². The van der Waals surface area contributed by atoms with Gasteiger partial charge >= 0.3 is 0 Å². The summed E-state index contributed by atoms with van der Waals surface area (Å²) in [4.78, 5) is 16.9. The van der Waals surface area contributed by atoms with Crippen molar-refractivity contribution >= 4 is 5.91 Å². The molecule has 1 amide bonds. The van der Waals surface area contributed by atoms with Crippen molar-refractivity contribution in [3.8, 4) is 0 Å². The summed E-state index contributed by atoms with van der Waals surface area (Å²) in [7, 11) is 4.28. The number of piperidine rings is 1. The number of hydrogen-bond acceptors (Lipinski definition) is 3. The predicted molar refractivity (Wildman–Crippen MR) is 103 cm³/mol. The maximum Gasteiger partial charge on any atom is 0.234 e. The van der Waals surface area contributed by atoms with Crippen molar-refractivity contribution in [2.24, 2.45) is 5.92 Å². The average Bonchev–Trinajstić information content (AvgIpc) is 3.41. The highest BCUT2D eigenvalue weighted by molar-refractivity contribution is 5.78. The summed E-state index contributed by atoms with van der Waals surface area (Å²) in [5, 5.41) is 3.20. The molecule has 2 aliphatic rings. The highest BCUT2D eigenvalue weighted by Crippen LogP contribution is 2.47. The van der Waals surface area contributed by atoms with Crippen LogP contribution in [0.1, 0.15) is 37.7 Å². The number of benzene rings is 1. The maximum atomic E-state index is 12.4. The molecule has 4 heteroatoms. The molecule has 138 valence electrons. The second-order valence-electron chi connectivity index (χ2n) is 8.23. The number of rotatable bonds is 8. The molecule has 4 nitrogen and oxygen atoms in total. The highest BCUT2D eigenvalue weighted by atomic mass is 16.2. The Bertz CT molecular complexity index is 546. The number of carbonyl (C=O) groups excluding carboxylic acids is 1. The van der Waals surface area contributed by atoms with E-state index >= 15 is 0 Å². The summed E-state index contributed by atoms with van der Waals surface area (Å²) in [5.74, 6) is 1.02. The Balaban J connectivity index is 1.37. The summed E-state index contributed by atoms with van der Waals surface area (Å²) in [5.41, 5.74) is 1.58. The Kier molecular flexibility index (Phi) is 6.13. The van der Waals surface area contributed by atoms with Crippen LogP contribution in [-0.2, 0) is 10.2 Å². The minimum atomic E-state index is 0.189. The molecule has 0 spiro atoms. The molecule has 1 aromatic rings. The van der Waals surface area contributed by atoms with Crippen LogP contribution in [0.5, 0.6) is 0 Å². The van der Waals surface area contributed by atoms with E-state index in [1.54, 1.807) is 0 Å². The zero-order valence-corrected chi connectivity index (χ0v) is 15.8. The van der Waals surface area contributed by atoms with Gasteiger partial charge in [-0.05, 0) is 77.3 Å². The number of carbonyl (C=O) groups is 1. The van der Waals surface area contributed by atoms with Gasteiger partial charge in [-0.2, -0.15) is 0 Å². The van der Waals surface area contributed by atoms with Crippen molar-refractivity contribution in [1.29, 1.82) is 0 Å². The van der Waals surface area contributed by atoms with Gasteiger partial charge in [0.15, 0.2) is 0 Å². The van der Waals surface area contributed by atoms with Gasteiger partial charge in [-0.3, -0.25) is 9.69 Å². The lowest BCUT2D eigenvalue weighted by atomic mass is 9.93. The monoisotopic (exact) mass is 343 g/mol. The number of nitrogens with one attached hydrogen (secondary N) is 1. The van der Waals surface area contributed by atoms with Crippen molar-refractivity contribution in [3.05, 3.63) is 35.9 Å². The molecule has 3 rings (SSSR count). The fourth-order valence-corrected chi connectivity index (χ4v) is 3.91. The third-order valence-electron chi connectivity index (χ3n) is 5.92. The first-order valence-corrected chi connectivity index (χ1v) is 9.77. The molecule has 1 saturated heterocycles. The first-order chi connectivity index (χ1) is 12.1. The quantitative estimate of drug-likeness (QED) is 0.788. The van der Waals surface area contributed by atoms with Crippen molar-refractivity contribution in [2.75, 3.05) is 46.8 Å². The molecule has 1 aliphatic carbocycles. The Hall–Kier alpha value is -1.39. The Morgan fingerprint density at radius 2 is 1.88 bits per heavy atom. The molecule has 1 aromatic carbocycles. The molecule has 1 heterocycles. The van der Waals surface area contributed by atoms with Crippen LogP contribution in [0.4, 0.5) is 0 Å². The SMILES string of the molecule is CN(C)CCC1CCN(CC(=O)NCC2(c3ccccc3)CC2)CC1. The summed E-state index contributed by atoms with van der Waals surface area (Å²) < 4.78 is 0.